The van der Waals surface area contributed by atoms with Crippen LogP contribution in [0.3, 0.4) is 0 Å². The van der Waals surface area contributed by atoms with E-state index in [0.717, 1.165) is 22.3 Å². The molecule has 3 aromatic carbocycles. The highest BCUT2D eigenvalue weighted by Gasteiger charge is 2.29. The topological polar surface area (TPSA) is 75.7 Å². The average Bonchev–Trinajstić information content (AvgIpc) is 2.86. The van der Waals surface area contributed by atoms with Gasteiger partial charge in [-0.2, -0.15) is 4.31 Å². The van der Waals surface area contributed by atoms with E-state index in [4.69, 9.17) is 16.3 Å². The maximum atomic E-state index is 13.3. The number of halogens is 1. The van der Waals surface area contributed by atoms with Crippen LogP contribution in [0.25, 0.3) is 0 Å². The van der Waals surface area contributed by atoms with Gasteiger partial charge in [0.2, 0.25) is 10.0 Å². The molecule has 1 amide bonds. The predicted molar refractivity (Wildman–Crippen MR) is 132 cm³/mol. The minimum absolute atomic E-state index is 0.0539. The van der Waals surface area contributed by atoms with Crippen molar-refractivity contribution in [2.45, 2.75) is 37.9 Å². The van der Waals surface area contributed by atoms with E-state index in [1.54, 1.807) is 0 Å². The van der Waals surface area contributed by atoms with E-state index in [-0.39, 0.29) is 22.0 Å². The van der Waals surface area contributed by atoms with Crippen molar-refractivity contribution < 1.29 is 17.9 Å². The Morgan fingerprint density at radius 2 is 1.74 bits per heavy atom. The molecule has 0 atom stereocenters. The molecule has 1 aliphatic rings. The number of nitrogens with zero attached hydrogens (tertiary/aromatic N) is 1. The molecule has 0 aliphatic carbocycles. The Bertz CT molecular complexity index is 1290. The van der Waals surface area contributed by atoms with Crippen molar-refractivity contribution in [2.24, 2.45) is 0 Å². The summed E-state index contributed by atoms with van der Waals surface area (Å²) in [5, 5.41) is 3.05. The van der Waals surface area contributed by atoms with Gasteiger partial charge in [0, 0.05) is 26.2 Å². The number of rotatable bonds is 8. The Hall–Kier alpha value is -2.71. The van der Waals surface area contributed by atoms with Crippen molar-refractivity contribution in [3.05, 3.63) is 99.6 Å². The molecule has 1 heterocycles. The lowest BCUT2D eigenvalue weighted by Gasteiger charge is -2.28. The van der Waals surface area contributed by atoms with Gasteiger partial charge < -0.3 is 10.1 Å². The lowest BCUT2D eigenvalue weighted by atomic mass is 10.0. The number of amides is 1. The zero-order valence-electron chi connectivity index (χ0n) is 19.0. The van der Waals surface area contributed by atoms with Gasteiger partial charge in [-0.05, 0) is 53.8 Å². The molecule has 6 nitrogen and oxygen atoms in total. The van der Waals surface area contributed by atoms with Crippen LogP contribution in [0.4, 0.5) is 0 Å². The Balaban J connectivity index is 1.52. The first-order valence-electron chi connectivity index (χ1n) is 11.2. The van der Waals surface area contributed by atoms with Crippen molar-refractivity contribution in [3.8, 4) is 0 Å². The Labute approximate surface area is 205 Å². The molecular formula is C26H27ClN2O4S. The van der Waals surface area contributed by atoms with Crippen LogP contribution in [0.2, 0.25) is 5.02 Å². The van der Waals surface area contributed by atoms with E-state index >= 15 is 0 Å². The monoisotopic (exact) mass is 498 g/mol. The molecule has 178 valence electrons. The summed E-state index contributed by atoms with van der Waals surface area (Å²) in [6.45, 7) is 3.95. The number of hydrogen-bond donors (Lipinski definition) is 1. The normalized spacial score (nSPS) is 13.9. The first kappa shape index (κ1) is 24.4. The highest BCUT2D eigenvalue weighted by molar-refractivity contribution is 7.89. The molecule has 0 unspecified atom stereocenters. The van der Waals surface area contributed by atoms with Gasteiger partial charge in [-0.25, -0.2) is 8.42 Å². The van der Waals surface area contributed by atoms with Crippen LogP contribution in [-0.4, -0.2) is 31.8 Å². The molecule has 0 spiro atoms. The summed E-state index contributed by atoms with van der Waals surface area (Å²) in [5.41, 5.74) is 4.20. The third-order valence-corrected chi connectivity index (χ3v) is 8.11. The summed E-state index contributed by atoms with van der Waals surface area (Å²) in [4.78, 5) is 13.0. The van der Waals surface area contributed by atoms with Crippen LogP contribution in [0.5, 0.6) is 0 Å². The van der Waals surface area contributed by atoms with Gasteiger partial charge in [0.05, 0.1) is 22.1 Å². The predicted octanol–water partition coefficient (Wildman–Crippen LogP) is 4.55. The van der Waals surface area contributed by atoms with Crippen LogP contribution < -0.4 is 5.32 Å². The SMILES string of the molecule is CCOCc1ccccc1CNC(=O)c1cc(S(=O)(=O)N2CCc3ccccc3C2)ccc1Cl. The molecule has 8 heteroatoms. The molecule has 0 aromatic heterocycles. The molecule has 1 N–H and O–H groups in total. The molecule has 0 saturated carbocycles. The fourth-order valence-electron chi connectivity index (χ4n) is 4.02. The van der Waals surface area contributed by atoms with Crippen molar-refractivity contribution in [2.75, 3.05) is 13.2 Å². The van der Waals surface area contributed by atoms with E-state index in [9.17, 15) is 13.2 Å². The Kier molecular flexibility index (Phi) is 7.68. The number of hydrogen-bond acceptors (Lipinski definition) is 4. The lowest BCUT2D eigenvalue weighted by Crippen LogP contribution is -2.36. The molecule has 0 saturated heterocycles. The number of sulfonamides is 1. The third kappa shape index (κ3) is 5.33. The van der Waals surface area contributed by atoms with Gasteiger partial charge in [0.1, 0.15) is 0 Å². The van der Waals surface area contributed by atoms with E-state index < -0.39 is 15.9 Å². The van der Waals surface area contributed by atoms with E-state index in [2.05, 4.69) is 5.32 Å². The molecular weight excluding hydrogens is 472 g/mol. The summed E-state index contributed by atoms with van der Waals surface area (Å²) >= 11 is 6.29. The van der Waals surface area contributed by atoms with Crippen LogP contribution in [-0.2, 0) is 40.9 Å². The standard InChI is InChI=1S/C26H27ClN2O4S/c1-2-33-18-22-10-6-4-8-20(22)16-28-26(30)24-15-23(11-12-25(24)27)34(31,32)29-14-13-19-7-3-5-9-21(19)17-29/h3-12,15H,2,13-14,16-18H2,1H3,(H,28,30). The van der Waals surface area contributed by atoms with Crippen molar-refractivity contribution in [1.82, 2.24) is 9.62 Å². The minimum Gasteiger partial charge on any atom is -0.377 e. The zero-order valence-corrected chi connectivity index (χ0v) is 20.5. The molecule has 34 heavy (non-hydrogen) atoms. The summed E-state index contributed by atoms with van der Waals surface area (Å²) in [7, 11) is -3.78. The van der Waals surface area contributed by atoms with Gasteiger partial charge in [0.15, 0.2) is 0 Å². The van der Waals surface area contributed by atoms with Gasteiger partial charge in [-0.15, -0.1) is 0 Å². The first-order valence-corrected chi connectivity index (χ1v) is 13.0. The number of carbonyl (C=O) groups is 1. The second kappa shape index (κ2) is 10.7. The number of carbonyl (C=O) groups excluding carboxylic acids is 1. The molecule has 1 aliphatic heterocycles. The quantitative estimate of drug-likeness (QED) is 0.494. The second-order valence-electron chi connectivity index (χ2n) is 8.09. The Morgan fingerprint density at radius 3 is 2.50 bits per heavy atom. The number of benzene rings is 3. The van der Waals surface area contributed by atoms with E-state index in [1.807, 2.05) is 55.5 Å². The molecule has 3 aromatic rings. The first-order chi connectivity index (χ1) is 16.4. The van der Waals surface area contributed by atoms with Crippen LogP contribution >= 0.6 is 11.6 Å². The van der Waals surface area contributed by atoms with Crippen molar-refractivity contribution >= 4 is 27.5 Å². The summed E-state index contributed by atoms with van der Waals surface area (Å²) in [6, 6.07) is 19.8. The highest BCUT2D eigenvalue weighted by Crippen LogP contribution is 2.27. The maximum absolute atomic E-state index is 13.3. The van der Waals surface area contributed by atoms with Gasteiger partial charge in [0.25, 0.3) is 5.91 Å². The van der Waals surface area contributed by atoms with Crippen LogP contribution in [0.1, 0.15) is 39.5 Å². The average molecular weight is 499 g/mol. The highest BCUT2D eigenvalue weighted by atomic mass is 35.5. The minimum atomic E-state index is -3.78. The van der Waals surface area contributed by atoms with Crippen molar-refractivity contribution in [1.29, 1.82) is 0 Å². The van der Waals surface area contributed by atoms with E-state index in [1.165, 1.54) is 22.5 Å². The van der Waals surface area contributed by atoms with E-state index in [0.29, 0.717) is 32.7 Å². The smallest absolute Gasteiger partial charge is 0.253 e. The zero-order chi connectivity index (χ0) is 24.1. The van der Waals surface area contributed by atoms with Gasteiger partial charge >= 0.3 is 0 Å². The molecule has 0 fully saturated rings. The van der Waals surface area contributed by atoms with Crippen LogP contribution in [0.15, 0.2) is 71.6 Å². The number of nitrogens with one attached hydrogen (secondary N) is 1. The molecule has 4 rings (SSSR count). The third-order valence-electron chi connectivity index (χ3n) is 5.94. The molecule has 0 radical (unpaired) electrons. The largest absolute Gasteiger partial charge is 0.377 e. The number of fused-ring (bicyclic) bond motifs is 1. The summed E-state index contributed by atoms with van der Waals surface area (Å²) < 4.78 is 33.6. The van der Waals surface area contributed by atoms with Gasteiger partial charge in [-0.1, -0.05) is 60.1 Å². The summed E-state index contributed by atoms with van der Waals surface area (Å²) in [5.74, 6) is -0.433. The number of ether oxygens (including phenoxy) is 1. The fourth-order valence-corrected chi connectivity index (χ4v) is 5.67. The maximum Gasteiger partial charge on any atom is 0.253 e. The van der Waals surface area contributed by atoms with Crippen molar-refractivity contribution in [3.63, 3.8) is 0 Å². The summed E-state index contributed by atoms with van der Waals surface area (Å²) in [6.07, 6.45) is 0.650. The lowest BCUT2D eigenvalue weighted by molar-refractivity contribution is 0.0949. The molecule has 0 bridgehead atoms. The van der Waals surface area contributed by atoms with Crippen LogP contribution in [0, 0.1) is 0 Å². The van der Waals surface area contributed by atoms with Gasteiger partial charge in [-0.3, -0.25) is 4.79 Å². The second-order valence-corrected chi connectivity index (χ2v) is 10.4. The fraction of sp³-hybridized carbons (Fsp3) is 0.269. The Morgan fingerprint density at radius 1 is 1.03 bits per heavy atom.